The minimum atomic E-state index is -0.244. The molecule has 0 aliphatic rings. The molecule has 1 nitrogen and oxygen atoms in total. The number of hydrogen-bond acceptors (Lipinski definition) is 1. The van der Waals surface area contributed by atoms with Crippen molar-refractivity contribution in [2.24, 2.45) is 0 Å². The first-order valence-corrected chi connectivity index (χ1v) is 8.02. The average Bonchev–Trinajstić information content (AvgIpc) is 2.67. The quantitative estimate of drug-likeness (QED) is 0.425. The van der Waals surface area contributed by atoms with E-state index >= 15 is 0 Å². The van der Waals surface area contributed by atoms with Crippen molar-refractivity contribution < 1.29 is 4.39 Å². The lowest BCUT2D eigenvalue weighted by Gasteiger charge is -2.04. The lowest BCUT2D eigenvalue weighted by atomic mass is 10.1. The largest absolute Gasteiger partial charge is 0.248 e. The number of fused-ring (bicyclic) bond motifs is 1. The highest BCUT2D eigenvalue weighted by atomic mass is 19.1. The van der Waals surface area contributed by atoms with E-state index in [1.54, 1.807) is 12.1 Å². The zero-order valence-electron chi connectivity index (χ0n) is 13.4. The first kappa shape index (κ1) is 15.1. The molecule has 0 N–H and O–H groups in total. The maximum absolute atomic E-state index is 13.1. The standard InChI is InChI=1S/C23H14FN/c24-21-12-9-19(10-13-21)22-15-11-20-16-18(8-14-23(20)25-22)7-6-17-4-2-1-3-5-17/h1-5,8-16H. The van der Waals surface area contributed by atoms with Gasteiger partial charge < -0.3 is 0 Å². The summed E-state index contributed by atoms with van der Waals surface area (Å²) < 4.78 is 13.1. The van der Waals surface area contributed by atoms with Gasteiger partial charge in [-0.05, 0) is 60.7 Å². The minimum Gasteiger partial charge on any atom is -0.248 e. The van der Waals surface area contributed by atoms with Gasteiger partial charge in [-0.25, -0.2) is 9.37 Å². The number of halogens is 1. The summed E-state index contributed by atoms with van der Waals surface area (Å²) in [7, 11) is 0. The zero-order valence-corrected chi connectivity index (χ0v) is 13.4. The maximum Gasteiger partial charge on any atom is 0.123 e. The van der Waals surface area contributed by atoms with Gasteiger partial charge in [0.2, 0.25) is 0 Å². The molecule has 0 saturated carbocycles. The molecule has 3 aromatic carbocycles. The van der Waals surface area contributed by atoms with Gasteiger partial charge in [-0.2, -0.15) is 0 Å². The van der Waals surface area contributed by atoms with Crippen molar-refractivity contribution in [2.45, 2.75) is 0 Å². The second-order valence-electron chi connectivity index (χ2n) is 5.73. The molecule has 0 amide bonds. The minimum absolute atomic E-state index is 0.244. The molecule has 0 aliphatic carbocycles. The summed E-state index contributed by atoms with van der Waals surface area (Å²) in [6.07, 6.45) is 0. The summed E-state index contributed by atoms with van der Waals surface area (Å²) in [6, 6.07) is 26.2. The van der Waals surface area contributed by atoms with Gasteiger partial charge in [0.1, 0.15) is 5.82 Å². The number of benzene rings is 3. The van der Waals surface area contributed by atoms with Crippen molar-refractivity contribution in [1.29, 1.82) is 0 Å². The van der Waals surface area contributed by atoms with Crippen LogP contribution in [0.2, 0.25) is 0 Å². The Hall–Kier alpha value is -3.44. The molecule has 4 rings (SSSR count). The van der Waals surface area contributed by atoms with Gasteiger partial charge in [-0.3, -0.25) is 0 Å². The van der Waals surface area contributed by atoms with Crippen molar-refractivity contribution in [3.05, 3.63) is 102 Å². The van der Waals surface area contributed by atoms with Crippen LogP contribution in [-0.4, -0.2) is 4.98 Å². The second-order valence-corrected chi connectivity index (χ2v) is 5.73. The fourth-order valence-electron chi connectivity index (χ4n) is 2.65. The Morgan fingerprint density at radius 3 is 2.24 bits per heavy atom. The summed E-state index contributed by atoms with van der Waals surface area (Å²) >= 11 is 0. The van der Waals surface area contributed by atoms with E-state index in [-0.39, 0.29) is 5.82 Å². The van der Waals surface area contributed by atoms with Crippen LogP contribution >= 0.6 is 0 Å². The molecule has 0 atom stereocenters. The van der Waals surface area contributed by atoms with Gasteiger partial charge in [0.15, 0.2) is 0 Å². The Balaban J connectivity index is 1.67. The average molecular weight is 323 g/mol. The second kappa shape index (κ2) is 6.59. The van der Waals surface area contributed by atoms with Gasteiger partial charge in [0.25, 0.3) is 0 Å². The smallest absolute Gasteiger partial charge is 0.123 e. The number of rotatable bonds is 1. The molecule has 0 spiro atoms. The van der Waals surface area contributed by atoms with Crippen molar-refractivity contribution in [1.82, 2.24) is 4.98 Å². The normalized spacial score (nSPS) is 10.3. The zero-order chi connectivity index (χ0) is 17.1. The monoisotopic (exact) mass is 323 g/mol. The van der Waals surface area contributed by atoms with Gasteiger partial charge in [0.05, 0.1) is 11.2 Å². The number of aromatic nitrogens is 1. The highest BCUT2D eigenvalue weighted by molar-refractivity contribution is 5.83. The van der Waals surface area contributed by atoms with E-state index in [1.165, 1.54) is 12.1 Å². The van der Waals surface area contributed by atoms with Crippen LogP contribution in [0.3, 0.4) is 0 Å². The topological polar surface area (TPSA) is 12.9 Å². The summed E-state index contributed by atoms with van der Waals surface area (Å²) in [5.41, 5.74) is 4.57. The molecule has 4 aromatic rings. The van der Waals surface area contributed by atoms with Crippen molar-refractivity contribution in [2.75, 3.05) is 0 Å². The molecule has 0 saturated heterocycles. The number of pyridine rings is 1. The third-order valence-corrected chi connectivity index (χ3v) is 3.95. The van der Waals surface area contributed by atoms with Crippen LogP contribution in [0.15, 0.2) is 84.9 Å². The van der Waals surface area contributed by atoms with Crippen LogP contribution in [0.25, 0.3) is 22.2 Å². The molecule has 1 heterocycles. The van der Waals surface area contributed by atoms with E-state index in [0.717, 1.165) is 33.3 Å². The fraction of sp³-hybridized carbons (Fsp3) is 0. The predicted molar refractivity (Wildman–Crippen MR) is 99.6 cm³/mol. The van der Waals surface area contributed by atoms with Gasteiger partial charge in [-0.1, -0.05) is 36.1 Å². The van der Waals surface area contributed by atoms with Crippen LogP contribution in [-0.2, 0) is 0 Å². The maximum atomic E-state index is 13.1. The number of nitrogens with zero attached hydrogens (tertiary/aromatic N) is 1. The van der Waals surface area contributed by atoms with Crippen molar-refractivity contribution in [3.8, 4) is 23.1 Å². The highest BCUT2D eigenvalue weighted by Crippen LogP contribution is 2.22. The lowest BCUT2D eigenvalue weighted by molar-refractivity contribution is 0.628. The van der Waals surface area contributed by atoms with Crippen LogP contribution in [0, 0.1) is 17.7 Å². The third-order valence-electron chi connectivity index (χ3n) is 3.95. The van der Waals surface area contributed by atoms with E-state index in [2.05, 4.69) is 16.8 Å². The van der Waals surface area contributed by atoms with Gasteiger partial charge >= 0.3 is 0 Å². The molecule has 1 aromatic heterocycles. The van der Waals surface area contributed by atoms with Crippen LogP contribution in [0.1, 0.15) is 11.1 Å². The van der Waals surface area contributed by atoms with E-state index in [1.807, 2.05) is 60.7 Å². The molecular formula is C23H14FN. The predicted octanol–water partition coefficient (Wildman–Crippen LogP) is 5.44. The Kier molecular flexibility index (Phi) is 3.98. The van der Waals surface area contributed by atoms with E-state index in [4.69, 9.17) is 0 Å². The Morgan fingerprint density at radius 2 is 1.44 bits per heavy atom. The molecular weight excluding hydrogens is 309 g/mol. The molecule has 0 bridgehead atoms. The van der Waals surface area contributed by atoms with E-state index in [9.17, 15) is 4.39 Å². The van der Waals surface area contributed by atoms with Gasteiger partial charge in [0, 0.05) is 22.1 Å². The Labute approximate surface area is 145 Å². The Morgan fingerprint density at radius 1 is 0.680 bits per heavy atom. The number of hydrogen-bond donors (Lipinski definition) is 0. The summed E-state index contributed by atoms with van der Waals surface area (Å²) in [4.78, 5) is 4.66. The first-order valence-electron chi connectivity index (χ1n) is 8.02. The lowest BCUT2D eigenvalue weighted by Crippen LogP contribution is -1.86. The van der Waals surface area contributed by atoms with E-state index in [0.29, 0.717) is 0 Å². The van der Waals surface area contributed by atoms with Crippen LogP contribution < -0.4 is 0 Å². The van der Waals surface area contributed by atoms with Crippen LogP contribution in [0.4, 0.5) is 4.39 Å². The summed E-state index contributed by atoms with van der Waals surface area (Å²) in [6.45, 7) is 0. The summed E-state index contributed by atoms with van der Waals surface area (Å²) in [5, 5.41) is 1.03. The third kappa shape index (κ3) is 3.41. The van der Waals surface area contributed by atoms with Crippen LogP contribution in [0.5, 0.6) is 0 Å². The Bertz CT molecular complexity index is 1090. The summed E-state index contributed by atoms with van der Waals surface area (Å²) in [5.74, 6) is 6.10. The van der Waals surface area contributed by atoms with Gasteiger partial charge in [-0.15, -0.1) is 0 Å². The molecule has 0 fully saturated rings. The molecule has 2 heteroatoms. The fourth-order valence-corrected chi connectivity index (χ4v) is 2.65. The highest BCUT2D eigenvalue weighted by Gasteiger charge is 2.02. The van der Waals surface area contributed by atoms with E-state index < -0.39 is 0 Å². The molecule has 118 valence electrons. The first-order chi connectivity index (χ1) is 12.3. The van der Waals surface area contributed by atoms with Crippen molar-refractivity contribution in [3.63, 3.8) is 0 Å². The van der Waals surface area contributed by atoms with Crippen molar-refractivity contribution >= 4 is 10.9 Å². The molecule has 0 radical (unpaired) electrons. The SMILES string of the molecule is Fc1ccc(-c2ccc3cc(C#Cc4ccccc4)ccc3n2)cc1. The molecule has 0 aliphatic heterocycles. The molecule has 0 unspecified atom stereocenters. The molecule has 25 heavy (non-hydrogen) atoms.